The van der Waals surface area contributed by atoms with Gasteiger partial charge >= 0.3 is 0 Å². The fraction of sp³-hybridized carbons (Fsp3) is 0.538. The molecule has 0 heterocycles. The predicted molar refractivity (Wildman–Crippen MR) is 67.7 cm³/mol. The number of nitrogens with zero attached hydrogens (tertiary/aromatic N) is 1. The van der Waals surface area contributed by atoms with Crippen LogP contribution in [0.5, 0.6) is 11.5 Å². The van der Waals surface area contributed by atoms with Crippen LogP contribution in [0, 0.1) is 0 Å². The number of aliphatic hydroxyl groups excluding tert-OH is 1. The summed E-state index contributed by atoms with van der Waals surface area (Å²) in [4.78, 5) is 2.13. The molecule has 1 aromatic rings. The Balaban J connectivity index is 2.30. The highest BCUT2D eigenvalue weighted by Crippen LogP contribution is 2.25. The van der Waals surface area contributed by atoms with E-state index < -0.39 is 0 Å². The van der Waals surface area contributed by atoms with Gasteiger partial charge in [0.25, 0.3) is 0 Å². The topological polar surface area (TPSA) is 41.9 Å². The van der Waals surface area contributed by atoms with Crippen molar-refractivity contribution < 1.29 is 14.6 Å². The lowest BCUT2D eigenvalue weighted by Gasteiger charge is -2.17. The molecule has 1 N–H and O–H groups in total. The number of aliphatic hydroxyl groups is 1. The fourth-order valence-corrected chi connectivity index (χ4v) is 1.50. The largest absolute Gasteiger partial charge is 0.493 e. The van der Waals surface area contributed by atoms with E-state index in [2.05, 4.69) is 4.90 Å². The first-order valence-electron chi connectivity index (χ1n) is 5.83. The lowest BCUT2D eigenvalue weighted by Crippen LogP contribution is -2.25. The quantitative estimate of drug-likeness (QED) is 0.744. The minimum atomic E-state index is 0.234. The van der Waals surface area contributed by atoms with E-state index in [-0.39, 0.29) is 6.61 Å². The van der Waals surface area contributed by atoms with Crippen molar-refractivity contribution in [3.63, 3.8) is 0 Å². The first-order valence-corrected chi connectivity index (χ1v) is 5.83. The van der Waals surface area contributed by atoms with Gasteiger partial charge in [0.2, 0.25) is 0 Å². The van der Waals surface area contributed by atoms with Crippen LogP contribution in [0.4, 0.5) is 0 Å². The molecule has 96 valence electrons. The Labute approximate surface area is 103 Å². The van der Waals surface area contributed by atoms with E-state index in [0.717, 1.165) is 31.0 Å². The summed E-state index contributed by atoms with van der Waals surface area (Å²) in [6.07, 6.45) is 0.797. The molecule has 0 atom stereocenters. The normalized spacial score (nSPS) is 10.6. The van der Waals surface area contributed by atoms with Gasteiger partial charge in [0, 0.05) is 19.7 Å². The van der Waals surface area contributed by atoms with Crippen molar-refractivity contribution in [2.24, 2.45) is 0 Å². The van der Waals surface area contributed by atoms with E-state index in [1.54, 1.807) is 7.11 Å². The molecular formula is C13H21NO3. The van der Waals surface area contributed by atoms with Crippen LogP contribution in [0.1, 0.15) is 6.42 Å². The van der Waals surface area contributed by atoms with Crippen molar-refractivity contribution in [3.8, 4) is 11.5 Å². The molecule has 1 aromatic carbocycles. The second-order valence-corrected chi connectivity index (χ2v) is 3.88. The van der Waals surface area contributed by atoms with E-state index in [0.29, 0.717) is 6.61 Å². The van der Waals surface area contributed by atoms with Gasteiger partial charge < -0.3 is 19.5 Å². The molecule has 0 aliphatic heterocycles. The molecule has 0 aromatic heterocycles. The first-order chi connectivity index (χ1) is 8.27. The van der Waals surface area contributed by atoms with Gasteiger partial charge in [0.05, 0.1) is 7.11 Å². The molecule has 0 spiro atoms. The second kappa shape index (κ2) is 7.92. The summed E-state index contributed by atoms with van der Waals surface area (Å²) >= 11 is 0. The van der Waals surface area contributed by atoms with Gasteiger partial charge in [0.1, 0.15) is 6.61 Å². The monoisotopic (exact) mass is 239 g/mol. The SMILES string of the molecule is COc1ccccc1OCCN(C)CCCO. The summed E-state index contributed by atoms with van der Waals surface area (Å²) in [5.41, 5.74) is 0. The van der Waals surface area contributed by atoms with E-state index in [4.69, 9.17) is 14.6 Å². The van der Waals surface area contributed by atoms with Gasteiger partial charge in [-0.15, -0.1) is 0 Å². The third kappa shape index (κ3) is 5.06. The maximum Gasteiger partial charge on any atom is 0.161 e. The van der Waals surface area contributed by atoms with E-state index in [9.17, 15) is 0 Å². The summed E-state index contributed by atoms with van der Waals surface area (Å²) in [7, 11) is 3.65. The summed E-state index contributed by atoms with van der Waals surface area (Å²) in [6.45, 7) is 2.56. The molecule has 0 aliphatic carbocycles. The van der Waals surface area contributed by atoms with Crippen LogP contribution >= 0.6 is 0 Å². The van der Waals surface area contributed by atoms with Crippen LogP contribution in [0.3, 0.4) is 0 Å². The van der Waals surface area contributed by atoms with Crippen LogP contribution < -0.4 is 9.47 Å². The van der Waals surface area contributed by atoms with Crippen LogP contribution in [-0.2, 0) is 0 Å². The smallest absolute Gasteiger partial charge is 0.161 e. The summed E-state index contributed by atoms with van der Waals surface area (Å²) in [6, 6.07) is 7.61. The standard InChI is InChI=1S/C13H21NO3/c1-14(8-5-10-15)9-11-17-13-7-4-3-6-12(13)16-2/h3-4,6-7,15H,5,8-11H2,1-2H3. The maximum absolute atomic E-state index is 8.71. The molecule has 0 saturated carbocycles. The number of methoxy groups -OCH3 is 1. The molecule has 0 bridgehead atoms. The van der Waals surface area contributed by atoms with Crippen molar-refractivity contribution in [2.45, 2.75) is 6.42 Å². The van der Waals surface area contributed by atoms with Gasteiger partial charge in [0.15, 0.2) is 11.5 Å². The summed E-state index contributed by atoms with van der Waals surface area (Å²) in [5, 5.41) is 8.71. The molecule has 0 saturated heterocycles. The van der Waals surface area contributed by atoms with Gasteiger partial charge in [-0.1, -0.05) is 12.1 Å². The average Bonchev–Trinajstić information content (AvgIpc) is 2.37. The molecule has 17 heavy (non-hydrogen) atoms. The molecular weight excluding hydrogens is 218 g/mol. The Morgan fingerprint density at radius 3 is 2.53 bits per heavy atom. The van der Waals surface area contributed by atoms with E-state index in [1.165, 1.54) is 0 Å². The highest BCUT2D eigenvalue weighted by Gasteiger charge is 2.03. The lowest BCUT2D eigenvalue weighted by atomic mass is 10.3. The Morgan fingerprint density at radius 2 is 1.88 bits per heavy atom. The molecule has 0 aliphatic rings. The van der Waals surface area contributed by atoms with E-state index >= 15 is 0 Å². The molecule has 0 unspecified atom stereocenters. The highest BCUT2D eigenvalue weighted by molar-refractivity contribution is 5.39. The zero-order valence-corrected chi connectivity index (χ0v) is 10.6. The first kappa shape index (κ1) is 13.8. The van der Waals surface area contributed by atoms with Gasteiger partial charge in [-0.3, -0.25) is 0 Å². The number of likely N-dealkylation sites (N-methyl/N-ethyl adjacent to an activating group) is 1. The number of benzene rings is 1. The molecule has 4 nitrogen and oxygen atoms in total. The Morgan fingerprint density at radius 1 is 1.18 bits per heavy atom. The van der Waals surface area contributed by atoms with Crippen LogP contribution in [0.2, 0.25) is 0 Å². The molecule has 0 radical (unpaired) electrons. The van der Waals surface area contributed by atoms with Crippen LogP contribution in [0.15, 0.2) is 24.3 Å². The summed E-state index contributed by atoms with van der Waals surface area (Å²) in [5.74, 6) is 1.52. The molecule has 1 rings (SSSR count). The number of para-hydroxylation sites is 2. The van der Waals surface area contributed by atoms with Crippen molar-refractivity contribution in [1.29, 1.82) is 0 Å². The Kier molecular flexibility index (Phi) is 6.43. The fourth-order valence-electron chi connectivity index (χ4n) is 1.50. The Hall–Kier alpha value is -1.26. The minimum Gasteiger partial charge on any atom is -0.493 e. The third-order valence-corrected chi connectivity index (χ3v) is 2.50. The number of hydrogen-bond donors (Lipinski definition) is 1. The van der Waals surface area contributed by atoms with Crippen molar-refractivity contribution in [2.75, 3.05) is 40.5 Å². The van der Waals surface area contributed by atoms with Crippen molar-refractivity contribution in [1.82, 2.24) is 4.90 Å². The second-order valence-electron chi connectivity index (χ2n) is 3.88. The zero-order chi connectivity index (χ0) is 12.5. The maximum atomic E-state index is 8.71. The van der Waals surface area contributed by atoms with Crippen molar-refractivity contribution in [3.05, 3.63) is 24.3 Å². The minimum absolute atomic E-state index is 0.234. The number of ether oxygens (including phenoxy) is 2. The van der Waals surface area contributed by atoms with E-state index in [1.807, 2.05) is 31.3 Å². The van der Waals surface area contributed by atoms with Gasteiger partial charge in [-0.05, 0) is 25.6 Å². The molecule has 4 heteroatoms. The molecule has 0 amide bonds. The van der Waals surface area contributed by atoms with Crippen LogP contribution in [0.25, 0.3) is 0 Å². The summed E-state index contributed by atoms with van der Waals surface area (Å²) < 4.78 is 10.8. The predicted octanol–water partition coefficient (Wildman–Crippen LogP) is 1.39. The van der Waals surface area contributed by atoms with Crippen molar-refractivity contribution >= 4 is 0 Å². The van der Waals surface area contributed by atoms with Crippen LogP contribution in [-0.4, -0.2) is 50.5 Å². The van der Waals surface area contributed by atoms with Gasteiger partial charge in [-0.25, -0.2) is 0 Å². The molecule has 0 fully saturated rings. The average molecular weight is 239 g/mol. The lowest BCUT2D eigenvalue weighted by molar-refractivity contribution is 0.210. The third-order valence-electron chi connectivity index (χ3n) is 2.50. The number of rotatable bonds is 8. The van der Waals surface area contributed by atoms with Gasteiger partial charge in [-0.2, -0.15) is 0 Å². The Bertz CT molecular complexity index is 317. The zero-order valence-electron chi connectivity index (χ0n) is 10.6. The number of hydrogen-bond acceptors (Lipinski definition) is 4. The highest BCUT2D eigenvalue weighted by atomic mass is 16.5.